The Morgan fingerprint density at radius 2 is 0.583 bits per heavy atom. The van der Waals surface area contributed by atoms with E-state index in [4.69, 9.17) is 45.6 Å². The molecule has 12 heteroatoms. The molecular weight excluding hydrogens is 224 g/mol. The van der Waals surface area contributed by atoms with Crippen LogP contribution in [0.1, 0.15) is 0 Å². The monoisotopic (exact) mass is 230 g/mol. The van der Waals surface area contributed by atoms with Gasteiger partial charge < -0.3 is 0 Å². The van der Waals surface area contributed by atoms with Crippen LogP contribution in [0, 0.1) is 0 Å². The molecule has 0 saturated carbocycles. The molecule has 0 aromatic carbocycles. The minimum absolute atomic E-state index is 4.67. The fraction of sp³-hybridized carbons (Fsp3) is 0. The van der Waals surface area contributed by atoms with Crippen LogP contribution in [0.4, 0.5) is 0 Å². The molecule has 0 atom stereocenters. The Kier molecular flexibility index (Phi) is 10.8. The molecule has 0 spiro atoms. The number of rotatable bonds is 0. The van der Waals surface area contributed by atoms with Crippen LogP contribution in [0.25, 0.3) is 0 Å². The van der Waals surface area contributed by atoms with E-state index >= 15 is 0 Å². The summed E-state index contributed by atoms with van der Waals surface area (Å²) < 4.78 is 63.2. The molecule has 6 N–H and O–H groups in total. The van der Waals surface area contributed by atoms with Gasteiger partial charge in [0.2, 0.25) is 0 Å². The molecule has 78 valence electrons. The fourth-order valence-corrected chi connectivity index (χ4v) is 0. The first-order chi connectivity index (χ1) is 5.00. The maximum atomic E-state index is 8.74. The van der Waals surface area contributed by atoms with Gasteiger partial charge in [-0.25, -0.2) is 0 Å². The van der Waals surface area contributed by atoms with Gasteiger partial charge in [0.25, 0.3) is 0 Å². The molecule has 0 bridgehead atoms. The van der Waals surface area contributed by atoms with Gasteiger partial charge in [0.15, 0.2) is 0 Å². The summed E-state index contributed by atoms with van der Waals surface area (Å²) in [6.07, 6.45) is 0. The van der Waals surface area contributed by atoms with Crippen LogP contribution >= 0.6 is 0 Å². The Balaban J connectivity index is -0.000000112. The standard InChI is InChI=1S/2H2O4S.H2O2/c2*1-5(2,3)4;1-2/h2*(H2,1,2,3,4);1-2H. The largest absolute Gasteiger partial charge is 0.394 e. The van der Waals surface area contributed by atoms with E-state index in [1.54, 1.807) is 0 Å². The van der Waals surface area contributed by atoms with Crippen molar-refractivity contribution in [2.75, 3.05) is 0 Å². The zero-order valence-electron chi connectivity index (χ0n) is 5.13. The Morgan fingerprint density at radius 1 is 0.583 bits per heavy atom. The topological polar surface area (TPSA) is 190 Å². The maximum absolute atomic E-state index is 8.74. The van der Waals surface area contributed by atoms with Gasteiger partial charge in [0.05, 0.1) is 0 Å². The Hall–Kier alpha value is -0.340. The Bertz CT molecular complexity index is 204. The van der Waals surface area contributed by atoms with Crippen LogP contribution in [0.3, 0.4) is 0 Å². The second-order valence-corrected chi connectivity index (χ2v) is 2.69. The number of hydrogen-bond donors (Lipinski definition) is 6. The minimum atomic E-state index is -4.67. The summed E-state index contributed by atoms with van der Waals surface area (Å²) in [6, 6.07) is 0. The third-order valence-corrected chi connectivity index (χ3v) is 0. The predicted octanol–water partition coefficient (Wildman–Crippen LogP) is -1.29. The molecule has 10 nitrogen and oxygen atoms in total. The van der Waals surface area contributed by atoms with Crippen molar-refractivity contribution in [3.63, 3.8) is 0 Å². The van der Waals surface area contributed by atoms with E-state index in [0.29, 0.717) is 0 Å². The average Bonchev–Trinajstić information content (AvgIpc) is 1.59. The molecular formula is H6O10S2. The highest BCUT2D eigenvalue weighted by Gasteiger charge is 1.85. The van der Waals surface area contributed by atoms with Crippen molar-refractivity contribution < 1.29 is 45.6 Å². The van der Waals surface area contributed by atoms with Crippen LogP contribution in [-0.2, 0) is 20.8 Å². The summed E-state index contributed by atoms with van der Waals surface area (Å²) >= 11 is 0. The third-order valence-electron chi connectivity index (χ3n) is 0. The van der Waals surface area contributed by atoms with Crippen LogP contribution in [0.5, 0.6) is 0 Å². The molecule has 12 heavy (non-hydrogen) atoms. The van der Waals surface area contributed by atoms with Crippen molar-refractivity contribution in [3.8, 4) is 0 Å². The second-order valence-electron chi connectivity index (χ2n) is 0.896. The molecule has 0 aromatic heterocycles. The number of hydrogen-bond acceptors (Lipinski definition) is 6. The van der Waals surface area contributed by atoms with Gasteiger partial charge in [-0.05, 0) is 0 Å². The third kappa shape index (κ3) is 6270. The summed E-state index contributed by atoms with van der Waals surface area (Å²) in [5.41, 5.74) is 0. The normalized spacial score (nSPS) is 10.2. The van der Waals surface area contributed by atoms with Gasteiger partial charge in [0.1, 0.15) is 0 Å². The molecule has 0 aromatic rings. The highest BCUT2D eigenvalue weighted by Crippen LogP contribution is 1.59. The fourth-order valence-electron chi connectivity index (χ4n) is 0. The quantitative estimate of drug-likeness (QED) is 0.166. The van der Waals surface area contributed by atoms with Crippen molar-refractivity contribution in [1.29, 1.82) is 0 Å². The van der Waals surface area contributed by atoms with E-state index in [9.17, 15) is 0 Å². The van der Waals surface area contributed by atoms with Crippen LogP contribution in [-0.4, -0.2) is 45.6 Å². The van der Waals surface area contributed by atoms with Crippen molar-refractivity contribution in [3.05, 3.63) is 0 Å². The van der Waals surface area contributed by atoms with Gasteiger partial charge in [-0.2, -0.15) is 16.8 Å². The highest BCUT2D eigenvalue weighted by atomic mass is 32.3. The predicted molar refractivity (Wildman–Crippen MR) is 33.6 cm³/mol. The minimum Gasteiger partial charge on any atom is -0.264 e. The van der Waals surface area contributed by atoms with Crippen LogP contribution < -0.4 is 0 Å². The zero-order valence-corrected chi connectivity index (χ0v) is 6.77. The first-order valence-corrected chi connectivity index (χ1v) is 4.39. The molecule has 0 rings (SSSR count). The van der Waals surface area contributed by atoms with Crippen molar-refractivity contribution >= 4 is 20.8 Å². The summed E-state index contributed by atoms with van der Waals surface area (Å²) in [4.78, 5) is 0. The van der Waals surface area contributed by atoms with Crippen molar-refractivity contribution in [1.82, 2.24) is 0 Å². The van der Waals surface area contributed by atoms with E-state index in [1.165, 1.54) is 0 Å². The zero-order chi connectivity index (χ0) is 11.0. The first kappa shape index (κ1) is 17.7. The van der Waals surface area contributed by atoms with Crippen molar-refractivity contribution in [2.24, 2.45) is 0 Å². The molecule has 0 radical (unpaired) electrons. The smallest absolute Gasteiger partial charge is 0.264 e. The lowest BCUT2D eigenvalue weighted by Gasteiger charge is -1.68. The molecule has 0 aliphatic rings. The second kappa shape index (κ2) is 7.32. The summed E-state index contributed by atoms with van der Waals surface area (Å²) in [6.45, 7) is 0. The molecule has 0 fully saturated rings. The van der Waals surface area contributed by atoms with E-state index in [1.807, 2.05) is 0 Å². The summed E-state index contributed by atoms with van der Waals surface area (Å²) in [7, 11) is -9.33. The lowest BCUT2D eigenvalue weighted by Crippen LogP contribution is -1.89. The van der Waals surface area contributed by atoms with Gasteiger partial charge in [-0.3, -0.25) is 28.7 Å². The Labute approximate surface area is 67.2 Å². The van der Waals surface area contributed by atoms with E-state index in [2.05, 4.69) is 0 Å². The van der Waals surface area contributed by atoms with Gasteiger partial charge >= 0.3 is 20.8 Å². The molecule has 0 aliphatic heterocycles. The van der Waals surface area contributed by atoms with Crippen molar-refractivity contribution in [2.45, 2.75) is 0 Å². The van der Waals surface area contributed by atoms with E-state index in [-0.39, 0.29) is 0 Å². The van der Waals surface area contributed by atoms with Gasteiger partial charge in [-0.1, -0.05) is 0 Å². The Morgan fingerprint density at radius 3 is 0.583 bits per heavy atom. The average molecular weight is 230 g/mol. The lowest BCUT2D eigenvalue weighted by atomic mass is 15.0. The van der Waals surface area contributed by atoms with Crippen LogP contribution in [0.15, 0.2) is 0 Å². The van der Waals surface area contributed by atoms with E-state index in [0.717, 1.165) is 0 Å². The lowest BCUT2D eigenvalue weighted by molar-refractivity contribution is -0.176. The van der Waals surface area contributed by atoms with Gasteiger partial charge in [0, 0.05) is 0 Å². The molecule has 0 heterocycles. The van der Waals surface area contributed by atoms with Crippen LogP contribution in [0.2, 0.25) is 0 Å². The summed E-state index contributed by atoms with van der Waals surface area (Å²) in [5, 5.41) is 12.0. The molecule has 0 unspecified atom stereocenters. The summed E-state index contributed by atoms with van der Waals surface area (Å²) in [5.74, 6) is 0. The maximum Gasteiger partial charge on any atom is 0.394 e. The SMILES string of the molecule is O=S(=O)(O)O.O=S(=O)(O)O.OO. The first-order valence-electron chi connectivity index (χ1n) is 1.60. The molecule has 0 saturated heterocycles. The molecule has 0 amide bonds. The van der Waals surface area contributed by atoms with E-state index < -0.39 is 20.8 Å². The highest BCUT2D eigenvalue weighted by molar-refractivity contribution is 7.80. The van der Waals surface area contributed by atoms with Gasteiger partial charge in [-0.15, -0.1) is 0 Å². The molecule has 0 aliphatic carbocycles.